The molecule has 160 valence electrons. The lowest BCUT2D eigenvalue weighted by molar-refractivity contribution is 0.0595. The third kappa shape index (κ3) is 4.41. The summed E-state index contributed by atoms with van der Waals surface area (Å²) in [6.07, 6.45) is 3.61. The normalized spacial score (nSPS) is 22.1. The molecule has 0 radical (unpaired) electrons. The number of nitrogens with zero attached hydrogens (tertiary/aromatic N) is 2. The van der Waals surface area contributed by atoms with Gasteiger partial charge in [-0.15, -0.1) is 0 Å². The van der Waals surface area contributed by atoms with Gasteiger partial charge in [-0.2, -0.15) is 0 Å². The number of aromatic nitrogens is 1. The lowest BCUT2D eigenvalue weighted by atomic mass is 9.93. The Morgan fingerprint density at radius 3 is 2.67 bits per heavy atom. The first-order chi connectivity index (χ1) is 14.2. The van der Waals surface area contributed by atoms with E-state index in [2.05, 4.69) is 10.5 Å². The Labute approximate surface area is 177 Å². The number of carbonyl (C=O) groups excluding carboxylic acids is 2. The van der Waals surface area contributed by atoms with E-state index in [1.165, 1.54) is 0 Å². The van der Waals surface area contributed by atoms with E-state index in [0.29, 0.717) is 36.6 Å². The summed E-state index contributed by atoms with van der Waals surface area (Å²) in [5.74, 6) is 1.03. The number of hydrogen-bond donors (Lipinski definition) is 2. The number of rotatable bonds is 5. The van der Waals surface area contributed by atoms with Crippen molar-refractivity contribution in [3.8, 4) is 0 Å². The first kappa shape index (κ1) is 20.6. The number of hydrogen-bond acceptors (Lipinski definition) is 5. The quantitative estimate of drug-likeness (QED) is 0.788. The van der Waals surface area contributed by atoms with Crippen LogP contribution in [0.25, 0.3) is 0 Å². The van der Waals surface area contributed by atoms with Gasteiger partial charge in [-0.1, -0.05) is 17.3 Å². The molecule has 7 nitrogen and oxygen atoms in total. The molecule has 2 aromatic rings. The molecule has 1 saturated heterocycles. The number of likely N-dealkylation sites (tertiary alicyclic amines) is 1. The zero-order chi connectivity index (χ0) is 21.5. The molecule has 7 heteroatoms. The number of benzene rings is 1. The van der Waals surface area contributed by atoms with Crippen molar-refractivity contribution in [1.82, 2.24) is 15.4 Å². The van der Waals surface area contributed by atoms with Crippen molar-refractivity contribution in [3.05, 3.63) is 52.9 Å². The molecule has 1 aliphatic heterocycles. The van der Waals surface area contributed by atoms with Crippen molar-refractivity contribution in [3.63, 3.8) is 0 Å². The highest BCUT2D eigenvalue weighted by atomic mass is 16.5. The van der Waals surface area contributed by atoms with E-state index in [1.807, 2.05) is 49.9 Å². The molecule has 4 rings (SSSR count). The van der Waals surface area contributed by atoms with E-state index in [-0.39, 0.29) is 23.9 Å². The zero-order valence-electron chi connectivity index (χ0n) is 17.9. The largest absolute Gasteiger partial charge is 0.360 e. The molecule has 2 amide bonds. The van der Waals surface area contributed by atoms with Crippen LogP contribution in [0, 0.1) is 0 Å². The van der Waals surface area contributed by atoms with Gasteiger partial charge >= 0.3 is 0 Å². The molecular weight excluding hydrogens is 380 g/mol. The molecule has 2 atom stereocenters. The second kappa shape index (κ2) is 7.87. The Hall–Kier alpha value is -2.67. The van der Waals surface area contributed by atoms with Gasteiger partial charge in [0.15, 0.2) is 5.69 Å². The summed E-state index contributed by atoms with van der Waals surface area (Å²) in [5, 5.41) is 6.96. The second-order valence-electron chi connectivity index (χ2n) is 9.23. The number of nitrogens with one attached hydrogen (secondary N) is 1. The fraction of sp³-hybridized carbons (Fsp3) is 0.522. The fourth-order valence-corrected chi connectivity index (χ4v) is 4.04. The van der Waals surface area contributed by atoms with E-state index in [0.717, 1.165) is 24.2 Å². The minimum Gasteiger partial charge on any atom is -0.360 e. The predicted molar refractivity (Wildman–Crippen MR) is 113 cm³/mol. The molecule has 1 aromatic heterocycles. The highest BCUT2D eigenvalue weighted by Gasteiger charge is 2.32. The Balaban J connectivity index is 1.36. The molecule has 0 bridgehead atoms. The van der Waals surface area contributed by atoms with Crippen LogP contribution in [0.3, 0.4) is 0 Å². The highest BCUT2D eigenvalue weighted by Crippen LogP contribution is 2.40. The molecule has 0 spiro atoms. The SMILES string of the molecule is C[C@@H]1C[C@H](NC(=O)c2cc(C3CC3)on2)CCN1C(=O)c1cccc(C(C)(C)N)c1. The zero-order valence-corrected chi connectivity index (χ0v) is 17.9. The average Bonchev–Trinajstić information content (AvgIpc) is 3.43. The Morgan fingerprint density at radius 1 is 1.23 bits per heavy atom. The van der Waals surface area contributed by atoms with E-state index in [4.69, 9.17) is 10.3 Å². The molecule has 2 heterocycles. The lowest BCUT2D eigenvalue weighted by Gasteiger charge is -2.38. The number of piperidine rings is 1. The highest BCUT2D eigenvalue weighted by molar-refractivity contribution is 5.95. The number of carbonyl (C=O) groups is 2. The topological polar surface area (TPSA) is 101 Å². The summed E-state index contributed by atoms with van der Waals surface area (Å²) in [5.41, 5.74) is 7.61. The maximum Gasteiger partial charge on any atom is 0.273 e. The molecule has 3 N–H and O–H groups in total. The van der Waals surface area contributed by atoms with Crippen LogP contribution in [0.4, 0.5) is 0 Å². The van der Waals surface area contributed by atoms with Crippen LogP contribution in [-0.2, 0) is 5.54 Å². The van der Waals surface area contributed by atoms with Crippen molar-refractivity contribution in [2.75, 3.05) is 6.54 Å². The maximum atomic E-state index is 13.1. The summed E-state index contributed by atoms with van der Waals surface area (Å²) in [6.45, 7) is 6.47. The van der Waals surface area contributed by atoms with Gasteiger partial charge in [-0.3, -0.25) is 9.59 Å². The Morgan fingerprint density at radius 2 is 2.00 bits per heavy atom. The van der Waals surface area contributed by atoms with Gasteiger partial charge in [0, 0.05) is 41.7 Å². The van der Waals surface area contributed by atoms with Crippen LogP contribution >= 0.6 is 0 Å². The first-order valence-corrected chi connectivity index (χ1v) is 10.7. The smallest absolute Gasteiger partial charge is 0.273 e. The summed E-state index contributed by atoms with van der Waals surface area (Å²) in [4.78, 5) is 27.5. The van der Waals surface area contributed by atoms with Gasteiger partial charge in [0.1, 0.15) is 5.76 Å². The van der Waals surface area contributed by atoms with Crippen molar-refractivity contribution in [2.45, 2.75) is 70.0 Å². The van der Waals surface area contributed by atoms with Gasteiger partial charge in [-0.25, -0.2) is 0 Å². The molecule has 1 saturated carbocycles. The van der Waals surface area contributed by atoms with Gasteiger partial charge in [0.2, 0.25) is 0 Å². The summed E-state index contributed by atoms with van der Waals surface area (Å²) in [6, 6.07) is 9.31. The van der Waals surface area contributed by atoms with Crippen LogP contribution in [-0.4, -0.2) is 40.5 Å². The Bertz CT molecular complexity index is 942. The van der Waals surface area contributed by atoms with Crippen molar-refractivity contribution >= 4 is 11.8 Å². The summed E-state index contributed by atoms with van der Waals surface area (Å²) in [7, 11) is 0. The summed E-state index contributed by atoms with van der Waals surface area (Å²) >= 11 is 0. The van der Waals surface area contributed by atoms with Crippen molar-refractivity contribution in [1.29, 1.82) is 0 Å². The fourth-order valence-electron chi connectivity index (χ4n) is 4.04. The van der Waals surface area contributed by atoms with Crippen molar-refractivity contribution < 1.29 is 14.1 Å². The van der Waals surface area contributed by atoms with Gasteiger partial charge in [0.25, 0.3) is 11.8 Å². The minimum absolute atomic E-state index is 0.00366. The van der Waals surface area contributed by atoms with E-state index in [9.17, 15) is 9.59 Å². The van der Waals surface area contributed by atoms with Gasteiger partial charge < -0.3 is 20.5 Å². The molecule has 2 aliphatic rings. The van der Waals surface area contributed by atoms with Crippen LogP contribution in [0.1, 0.15) is 84.5 Å². The minimum atomic E-state index is -0.500. The molecule has 1 aliphatic carbocycles. The molecule has 2 fully saturated rings. The molecular formula is C23H30N4O3. The van der Waals surface area contributed by atoms with E-state index < -0.39 is 5.54 Å². The standard InChI is InChI=1S/C23H30N4O3/c1-14-11-18(25-21(28)19-13-20(30-26-19)15-7-8-15)9-10-27(14)22(29)16-5-4-6-17(12-16)23(2,3)24/h4-6,12-15,18H,7-11,24H2,1-3H3,(H,25,28)/t14-,18-/m1/s1. The van der Waals surface area contributed by atoms with Crippen LogP contribution in [0.5, 0.6) is 0 Å². The molecule has 0 unspecified atom stereocenters. The summed E-state index contributed by atoms with van der Waals surface area (Å²) < 4.78 is 5.28. The Kier molecular flexibility index (Phi) is 5.40. The van der Waals surface area contributed by atoms with Gasteiger partial charge in [0.05, 0.1) is 0 Å². The second-order valence-corrected chi connectivity index (χ2v) is 9.23. The monoisotopic (exact) mass is 410 g/mol. The van der Waals surface area contributed by atoms with E-state index >= 15 is 0 Å². The maximum absolute atomic E-state index is 13.1. The van der Waals surface area contributed by atoms with Crippen LogP contribution in [0.15, 0.2) is 34.9 Å². The van der Waals surface area contributed by atoms with Crippen LogP contribution < -0.4 is 11.1 Å². The average molecular weight is 411 g/mol. The third-order valence-electron chi connectivity index (χ3n) is 6.07. The first-order valence-electron chi connectivity index (χ1n) is 10.7. The van der Waals surface area contributed by atoms with Crippen molar-refractivity contribution in [2.24, 2.45) is 5.73 Å². The molecule has 30 heavy (non-hydrogen) atoms. The number of nitrogens with two attached hydrogens (primary N) is 1. The predicted octanol–water partition coefficient (Wildman–Crippen LogP) is 3.17. The van der Waals surface area contributed by atoms with Crippen LogP contribution in [0.2, 0.25) is 0 Å². The van der Waals surface area contributed by atoms with E-state index in [1.54, 1.807) is 6.07 Å². The lowest BCUT2D eigenvalue weighted by Crippen LogP contribution is -2.51. The molecule has 1 aromatic carbocycles. The van der Waals surface area contributed by atoms with Gasteiger partial charge in [-0.05, 0) is 64.2 Å². The third-order valence-corrected chi connectivity index (χ3v) is 6.07. The number of amides is 2.